The summed E-state index contributed by atoms with van der Waals surface area (Å²) in [6.45, 7) is 6.69. The first-order valence-electron chi connectivity index (χ1n) is 6.86. The van der Waals surface area contributed by atoms with Crippen LogP contribution in [-0.4, -0.2) is 27.1 Å². The molecule has 6 nitrogen and oxygen atoms in total. The summed E-state index contributed by atoms with van der Waals surface area (Å²) in [5, 5.41) is 9.31. The minimum absolute atomic E-state index is 0.0983. The third kappa shape index (κ3) is 3.24. The second kappa shape index (κ2) is 5.19. The highest BCUT2D eigenvalue weighted by atomic mass is 16.2. The van der Waals surface area contributed by atoms with E-state index in [1.54, 1.807) is 0 Å². The number of hydrogen-bond donors (Lipinski definition) is 3. The number of nitrogen functional groups attached to an aromatic ring is 1. The summed E-state index contributed by atoms with van der Waals surface area (Å²) < 4.78 is 0. The van der Waals surface area contributed by atoms with Gasteiger partial charge in [0.2, 0.25) is 11.8 Å². The predicted molar refractivity (Wildman–Crippen MR) is 73.5 cm³/mol. The SMILES string of the molecule is CC(C)(C)C1CCCCC1NC(=O)c1nc(N)n[nH]1. The van der Waals surface area contributed by atoms with Gasteiger partial charge in [-0.25, -0.2) is 0 Å². The molecule has 0 aromatic carbocycles. The Balaban J connectivity index is 2.05. The van der Waals surface area contributed by atoms with E-state index in [1.807, 2.05) is 0 Å². The van der Waals surface area contributed by atoms with Crippen LogP contribution in [0.2, 0.25) is 0 Å². The van der Waals surface area contributed by atoms with Crippen LogP contribution in [-0.2, 0) is 0 Å². The van der Waals surface area contributed by atoms with Crippen LogP contribution in [0.3, 0.4) is 0 Å². The molecule has 1 saturated carbocycles. The van der Waals surface area contributed by atoms with Crippen molar-refractivity contribution in [3.05, 3.63) is 5.82 Å². The molecule has 1 aromatic heterocycles. The number of carbonyl (C=O) groups is 1. The molecular weight excluding hydrogens is 242 g/mol. The molecule has 19 heavy (non-hydrogen) atoms. The molecule has 6 heteroatoms. The van der Waals surface area contributed by atoms with Gasteiger partial charge in [-0.15, -0.1) is 5.10 Å². The molecule has 2 rings (SSSR count). The van der Waals surface area contributed by atoms with Crippen molar-refractivity contribution in [2.24, 2.45) is 11.3 Å². The number of nitrogens with two attached hydrogens (primary N) is 1. The predicted octanol–water partition coefficient (Wildman–Crippen LogP) is 1.72. The molecular formula is C13H23N5O. The van der Waals surface area contributed by atoms with Crippen LogP contribution >= 0.6 is 0 Å². The molecule has 0 aliphatic heterocycles. The van der Waals surface area contributed by atoms with E-state index < -0.39 is 0 Å². The third-order valence-electron chi connectivity index (χ3n) is 3.91. The standard InChI is InChI=1S/C13H23N5O/c1-13(2,3)8-6-4-5-7-9(8)15-11(19)10-16-12(14)18-17-10/h8-9H,4-7H2,1-3H3,(H,15,19)(H3,14,16,17,18). The van der Waals surface area contributed by atoms with Crippen LogP contribution in [0.5, 0.6) is 0 Å². The van der Waals surface area contributed by atoms with Crippen molar-refractivity contribution in [3.8, 4) is 0 Å². The Kier molecular flexibility index (Phi) is 3.78. The molecule has 0 saturated heterocycles. The van der Waals surface area contributed by atoms with Gasteiger partial charge in [-0.3, -0.25) is 9.89 Å². The lowest BCUT2D eigenvalue weighted by atomic mass is 9.69. The van der Waals surface area contributed by atoms with Gasteiger partial charge in [0, 0.05) is 6.04 Å². The fraction of sp³-hybridized carbons (Fsp3) is 0.769. The Morgan fingerprint density at radius 1 is 1.37 bits per heavy atom. The fourth-order valence-electron chi connectivity index (χ4n) is 2.95. The van der Waals surface area contributed by atoms with Crippen LogP contribution in [0.15, 0.2) is 0 Å². The van der Waals surface area contributed by atoms with Gasteiger partial charge in [0.05, 0.1) is 0 Å². The van der Waals surface area contributed by atoms with Gasteiger partial charge in [-0.2, -0.15) is 4.98 Å². The Morgan fingerprint density at radius 3 is 2.63 bits per heavy atom. The first kappa shape index (κ1) is 13.8. The molecule has 0 radical (unpaired) electrons. The summed E-state index contributed by atoms with van der Waals surface area (Å²) in [7, 11) is 0. The Labute approximate surface area is 113 Å². The summed E-state index contributed by atoms with van der Waals surface area (Å²) in [6.07, 6.45) is 4.59. The summed E-state index contributed by atoms with van der Waals surface area (Å²) in [6, 6.07) is 0.201. The average molecular weight is 265 g/mol. The topological polar surface area (TPSA) is 96.7 Å². The number of amides is 1. The van der Waals surface area contributed by atoms with Crippen LogP contribution < -0.4 is 11.1 Å². The molecule has 1 aliphatic rings. The van der Waals surface area contributed by atoms with Crippen LogP contribution in [0.25, 0.3) is 0 Å². The average Bonchev–Trinajstić information content (AvgIpc) is 2.75. The van der Waals surface area contributed by atoms with Crippen molar-refractivity contribution in [1.29, 1.82) is 0 Å². The highest BCUT2D eigenvalue weighted by Gasteiger charge is 2.35. The van der Waals surface area contributed by atoms with E-state index in [0.29, 0.717) is 5.92 Å². The third-order valence-corrected chi connectivity index (χ3v) is 3.91. The maximum atomic E-state index is 12.1. The highest BCUT2D eigenvalue weighted by molar-refractivity contribution is 5.90. The molecule has 1 aliphatic carbocycles. The van der Waals surface area contributed by atoms with Crippen molar-refractivity contribution in [3.63, 3.8) is 0 Å². The highest BCUT2D eigenvalue weighted by Crippen LogP contribution is 2.38. The van der Waals surface area contributed by atoms with E-state index in [9.17, 15) is 4.79 Å². The first-order chi connectivity index (χ1) is 8.88. The Morgan fingerprint density at radius 2 is 2.05 bits per heavy atom. The van der Waals surface area contributed by atoms with Gasteiger partial charge in [0.15, 0.2) is 0 Å². The summed E-state index contributed by atoms with van der Waals surface area (Å²) in [4.78, 5) is 16.0. The monoisotopic (exact) mass is 265 g/mol. The number of rotatable bonds is 2. The number of hydrogen-bond acceptors (Lipinski definition) is 4. The molecule has 2 unspecified atom stereocenters. The molecule has 4 N–H and O–H groups in total. The van der Waals surface area contributed by atoms with Gasteiger partial charge >= 0.3 is 0 Å². The number of carbonyl (C=O) groups excluding carboxylic acids is 1. The van der Waals surface area contributed by atoms with Gasteiger partial charge in [-0.1, -0.05) is 33.6 Å². The lowest BCUT2D eigenvalue weighted by molar-refractivity contribution is 0.0820. The Hall–Kier alpha value is -1.59. The number of H-pyrrole nitrogens is 1. The van der Waals surface area contributed by atoms with Crippen molar-refractivity contribution in [2.45, 2.75) is 52.5 Å². The molecule has 2 atom stereocenters. The van der Waals surface area contributed by atoms with E-state index in [1.165, 1.54) is 6.42 Å². The van der Waals surface area contributed by atoms with Crippen LogP contribution in [0, 0.1) is 11.3 Å². The normalized spacial score (nSPS) is 24.2. The number of anilines is 1. The number of aromatic nitrogens is 3. The summed E-state index contributed by atoms with van der Waals surface area (Å²) >= 11 is 0. The molecule has 0 spiro atoms. The zero-order valence-electron chi connectivity index (χ0n) is 11.9. The van der Waals surface area contributed by atoms with Gasteiger partial charge < -0.3 is 11.1 Å². The lowest BCUT2D eigenvalue weighted by Crippen LogP contribution is -2.46. The smallest absolute Gasteiger partial charge is 0.288 e. The van der Waals surface area contributed by atoms with Crippen molar-refractivity contribution >= 4 is 11.9 Å². The zero-order valence-corrected chi connectivity index (χ0v) is 11.9. The molecule has 1 fully saturated rings. The van der Waals surface area contributed by atoms with E-state index in [2.05, 4.69) is 41.3 Å². The van der Waals surface area contributed by atoms with Crippen molar-refractivity contribution < 1.29 is 4.79 Å². The first-order valence-corrected chi connectivity index (χ1v) is 6.86. The maximum Gasteiger partial charge on any atom is 0.288 e. The van der Waals surface area contributed by atoms with Crippen molar-refractivity contribution in [2.75, 3.05) is 5.73 Å². The van der Waals surface area contributed by atoms with E-state index in [4.69, 9.17) is 5.73 Å². The van der Waals surface area contributed by atoms with Gasteiger partial charge in [-0.05, 0) is 24.2 Å². The Bertz CT molecular complexity index is 448. The molecule has 0 bridgehead atoms. The van der Waals surface area contributed by atoms with E-state index >= 15 is 0 Å². The largest absolute Gasteiger partial charge is 0.366 e. The van der Waals surface area contributed by atoms with E-state index in [-0.39, 0.29) is 29.1 Å². The quantitative estimate of drug-likeness (QED) is 0.758. The summed E-state index contributed by atoms with van der Waals surface area (Å²) in [5.74, 6) is 0.563. The van der Waals surface area contributed by atoms with Gasteiger partial charge in [0.1, 0.15) is 0 Å². The number of nitrogens with zero attached hydrogens (tertiary/aromatic N) is 2. The van der Waals surface area contributed by atoms with Crippen LogP contribution in [0.4, 0.5) is 5.95 Å². The number of aromatic amines is 1. The molecule has 1 heterocycles. The molecule has 106 valence electrons. The van der Waals surface area contributed by atoms with Gasteiger partial charge in [0.25, 0.3) is 5.91 Å². The molecule has 1 amide bonds. The second-order valence-electron chi connectivity index (χ2n) is 6.38. The second-order valence-corrected chi connectivity index (χ2v) is 6.38. The lowest BCUT2D eigenvalue weighted by Gasteiger charge is -2.40. The van der Waals surface area contributed by atoms with Crippen molar-refractivity contribution in [1.82, 2.24) is 20.5 Å². The summed E-state index contributed by atoms with van der Waals surface area (Å²) in [5.41, 5.74) is 5.61. The zero-order chi connectivity index (χ0) is 14.0. The fourth-order valence-corrected chi connectivity index (χ4v) is 2.95. The minimum Gasteiger partial charge on any atom is -0.366 e. The molecule has 1 aromatic rings. The van der Waals surface area contributed by atoms with E-state index in [0.717, 1.165) is 19.3 Å². The maximum absolute atomic E-state index is 12.1. The number of nitrogens with one attached hydrogen (secondary N) is 2. The minimum atomic E-state index is -0.217. The van der Waals surface area contributed by atoms with Crippen LogP contribution in [0.1, 0.15) is 57.1 Å².